The maximum Gasteiger partial charge on any atom is 0.321 e. The summed E-state index contributed by atoms with van der Waals surface area (Å²) in [6.45, 7) is 0. The molecule has 0 unspecified atom stereocenters. The molecule has 4 aromatic carbocycles. The van der Waals surface area contributed by atoms with Gasteiger partial charge in [0.15, 0.2) is 0 Å². The smallest absolute Gasteiger partial charge is 0.321 e. The number of carboxylic acid groups (broad SMARTS) is 1. The van der Waals surface area contributed by atoms with Crippen LogP contribution in [0.15, 0.2) is 66.7 Å². The SMILES string of the molecule is N[C@@H](CSCc1cc2ccccc2c2ccc3ccccc3c12)C(=O)O. The molecule has 0 bridgehead atoms. The number of carboxylic acids is 1. The monoisotopic (exact) mass is 361 g/mol. The summed E-state index contributed by atoms with van der Waals surface area (Å²) in [5.41, 5.74) is 6.87. The predicted octanol–water partition coefficient (Wildman–Crippen LogP) is 4.79. The van der Waals surface area contributed by atoms with Gasteiger partial charge in [-0.2, -0.15) is 11.8 Å². The van der Waals surface area contributed by atoms with Crippen LogP contribution < -0.4 is 5.73 Å². The zero-order valence-electron chi connectivity index (χ0n) is 14.2. The lowest BCUT2D eigenvalue weighted by atomic mass is 9.93. The third kappa shape index (κ3) is 3.02. The Morgan fingerprint density at radius 3 is 2.38 bits per heavy atom. The van der Waals surface area contributed by atoms with Gasteiger partial charge < -0.3 is 10.8 Å². The second-order valence-electron chi connectivity index (χ2n) is 6.43. The highest BCUT2D eigenvalue weighted by atomic mass is 32.2. The summed E-state index contributed by atoms with van der Waals surface area (Å²) in [5, 5.41) is 16.4. The van der Waals surface area contributed by atoms with E-state index in [0.717, 1.165) is 5.75 Å². The molecule has 0 saturated heterocycles. The van der Waals surface area contributed by atoms with Crippen LogP contribution in [0.1, 0.15) is 5.56 Å². The summed E-state index contributed by atoms with van der Waals surface area (Å²) in [6, 6.07) is 22.5. The molecular weight excluding hydrogens is 342 g/mol. The summed E-state index contributed by atoms with van der Waals surface area (Å²) in [4.78, 5) is 11.0. The van der Waals surface area contributed by atoms with Gasteiger partial charge in [-0.3, -0.25) is 4.79 Å². The summed E-state index contributed by atoms with van der Waals surface area (Å²) < 4.78 is 0. The van der Waals surface area contributed by atoms with Crippen molar-refractivity contribution in [2.24, 2.45) is 5.73 Å². The van der Waals surface area contributed by atoms with E-state index in [4.69, 9.17) is 10.8 Å². The van der Waals surface area contributed by atoms with Gasteiger partial charge in [-0.1, -0.05) is 60.7 Å². The van der Waals surface area contributed by atoms with E-state index in [1.54, 1.807) is 11.8 Å². The second-order valence-corrected chi connectivity index (χ2v) is 7.46. The molecular formula is C22H19NO2S. The van der Waals surface area contributed by atoms with E-state index in [0.29, 0.717) is 5.75 Å². The highest BCUT2D eigenvalue weighted by Gasteiger charge is 2.13. The van der Waals surface area contributed by atoms with Crippen molar-refractivity contribution < 1.29 is 9.90 Å². The van der Waals surface area contributed by atoms with Crippen LogP contribution in [0.3, 0.4) is 0 Å². The van der Waals surface area contributed by atoms with Gasteiger partial charge >= 0.3 is 5.97 Å². The van der Waals surface area contributed by atoms with Gasteiger partial charge in [0, 0.05) is 11.5 Å². The number of rotatable bonds is 5. The molecule has 130 valence electrons. The van der Waals surface area contributed by atoms with Crippen molar-refractivity contribution in [2.45, 2.75) is 11.8 Å². The molecule has 0 amide bonds. The topological polar surface area (TPSA) is 63.3 Å². The highest BCUT2D eigenvalue weighted by Crippen LogP contribution is 2.35. The summed E-state index contributed by atoms with van der Waals surface area (Å²) in [6.07, 6.45) is 0. The van der Waals surface area contributed by atoms with Crippen LogP contribution in [-0.2, 0) is 10.5 Å². The lowest BCUT2D eigenvalue weighted by molar-refractivity contribution is -0.137. The molecule has 3 nitrogen and oxygen atoms in total. The van der Waals surface area contributed by atoms with Crippen molar-refractivity contribution in [1.82, 2.24) is 0 Å². The van der Waals surface area contributed by atoms with Gasteiger partial charge in [-0.25, -0.2) is 0 Å². The first-order valence-corrected chi connectivity index (χ1v) is 9.69. The first-order chi connectivity index (χ1) is 12.6. The van der Waals surface area contributed by atoms with E-state index < -0.39 is 12.0 Å². The number of nitrogens with two attached hydrogens (primary N) is 1. The van der Waals surface area contributed by atoms with Crippen LogP contribution >= 0.6 is 11.8 Å². The van der Waals surface area contributed by atoms with Crippen molar-refractivity contribution in [1.29, 1.82) is 0 Å². The lowest BCUT2D eigenvalue weighted by Gasteiger charge is -2.14. The number of hydrogen-bond acceptors (Lipinski definition) is 3. The normalized spacial score (nSPS) is 12.7. The number of aliphatic carboxylic acids is 1. The van der Waals surface area contributed by atoms with Crippen molar-refractivity contribution in [3.05, 3.63) is 72.3 Å². The summed E-state index contributed by atoms with van der Waals surface area (Å²) in [7, 11) is 0. The Labute approximate surface area is 155 Å². The number of benzene rings is 4. The minimum absolute atomic E-state index is 0.397. The summed E-state index contributed by atoms with van der Waals surface area (Å²) in [5.74, 6) is 0.177. The molecule has 0 fully saturated rings. The third-order valence-corrected chi connectivity index (χ3v) is 5.81. The van der Waals surface area contributed by atoms with Gasteiger partial charge in [0.25, 0.3) is 0 Å². The Morgan fingerprint density at radius 1 is 0.923 bits per heavy atom. The van der Waals surface area contributed by atoms with Crippen LogP contribution in [0.2, 0.25) is 0 Å². The van der Waals surface area contributed by atoms with Gasteiger partial charge in [0.2, 0.25) is 0 Å². The fourth-order valence-corrected chi connectivity index (χ4v) is 4.41. The van der Waals surface area contributed by atoms with E-state index in [1.165, 1.54) is 37.9 Å². The summed E-state index contributed by atoms with van der Waals surface area (Å²) >= 11 is 1.57. The minimum Gasteiger partial charge on any atom is -0.480 e. The van der Waals surface area contributed by atoms with Crippen molar-refractivity contribution in [3.8, 4) is 0 Å². The standard InChI is InChI=1S/C22H19NO2S/c23-20(22(24)25)13-26-12-16-11-15-6-2-3-7-17(15)19-10-9-14-5-1-4-8-18(14)21(16)19/h1-11,20H,12-13,23H2,(H,24,25)/t20-/m0/s1. The van der Waals surface area contributed by atoms with Gasteiger partial charge in [-0.05, 0) is 43.9 Å². The molecule has 4 aromatic rings. The Morgan fingerprint density at radius 2 is 1.62 bits per heavy atom. The van der Waals surface area contributed by atoms with E-state index in [2.05, 4.69) is 60.7 Å². The van der Waals surface area contributed by atoms with Crippen LogP contribution in [0.25, 0.3) is 32.3 Å². The number of carbonyl (C=O) groups is 1. The van der Waals surface area contributed by atoms with Crippen molar-refractivity contribution in [3.63, 3.8) is 0 Å². The van der Waals surface area contributed by atoms with Crippen molar-refractivity contribution in [2.75, 3.05) is 5.75 Å². The number of hydrogen-bond donors (Lipinski definition) is 2. The highest BCUT2D eigenvalue weighted by molar-refractivity contribution is 7.98. The molecule has 26 heavy (non-hydrogen) atoms. The van der Waals surface area contributed by atoms with Crippen LogP contribution in [0.5, 0.6) is 0 Å². The average Bonchev–Trinajstić information content (AvgIpc) is 2.67. The van der Waals surface area contributed by atoms with Gasteiger partial charge in [-0.15, -0.1) is 0 Å². The Kier molecular flexibility index (Phi) is 4.53. The molecule has 0 radical (unpaired) electrons. The Hall–Kier alpha value is -2.56. The molecule has 4 rings (SSSR count). The first-order valence-electron chi connectivity index (χ1n) is 8.53. The third-order valence-electron chi connectivity index (χ3n) is 4.70. The molecule has 0 aliphatic rings. The largest absolute Gasteiger partial charge is 0.480 e. The quantitative estimate of drug-likeness (QED) is 0.502. The fraction of sp³-hybridized carbons (Fsp3) is 0.136. The average molecular weight is 361 g/mol. The van der Waals surface area contributed by atoms with Crippen LogP contribution in [0, 0.1) is 0 Å². The minimum atomic E-state index is -0.952. The van der Waals surface area contributed by atoms with Crippen LogP contribution in [-0.4, -0.2) is 22.9 Å². The van der Waals surface area contributed by atoms with Crippen LogP contribution in [0.4, 0.5) is 0 Å². The molecule has 0 aromatic heterocycles. The van der Waals surface area contributed by atoms with Crippen molar-refractivity contribution >= 4 is 50.0 Å². The molecule has 1 atom stereocenters. The zero-order valence-corrected chi connectivity index (χ0v) is 15.0. The molecule has 0 saturated carbocycles. The fourth-order valence-electron chi connectivity index (χ4n) is 3.45. The zero-order chi connectivity index (χ0) is 18.1. The van der Waals surface area contributed by atoms with Gasteiger partial charge in [0.1, 0.15) is 6.04 Å². The lowest BCUT2D eigenvalue weighted by Crippen LogP contribution is -2.32. The maximum absolute atomic E-state index is 11.0. The van der Waals surface area contributed by atoms with E-state index in [1.807, 2.05) is 6.07 Å². The maximum atomic E-state index is 11.0. The molecule has 4 heteroatoms. The van der Waals surface area contributed by atoms with E-state index >= 15 is 0 Å². The number of fused-ring (bicyclic) bond motifs is 5. The molecule has 3 N–H and O–H groups in total. The number of thioether (sulfide) groups is 1. The molecule has 0 aliphatic heterocycles. The molecule has 0 spiro atoms. The second kappa shape index (κ2) is 6.98. The predicted molar refractivity (Wildman–Crippen MR) is 111 cm³/mol. The first kappa shape index (κ1) is 16.9. The van der Waals surface area contributed by atoms with E-state index in [9.17, 15) is 4.79 Å². The Balaban J connectivity index is 1.88. The molecule has 0 aliphatic carbocycles. The van der Waals surface area contributed by atoms with Gasteiger partial charge in [0.05, 0.1) is 0 Å². The Bertz CT molecular complexity index is 1120. The molecule has 0 heterocycles. The van der Waals surface area contributed by atoms with E-state index in [-0.39, 0.29) is 0 Å².